The Morgan fingerprint density at radius 1 is 1.39 bits per heavy atom. The van der Waals surface area contributed by atoms with E-state index in [-0.39, 0.29) is 0 Å². The zero-order chi connectivity index (χ0) is 13.4. The maximum Gasteiger partial charge on any atom is 0.191 e. The van der Waals surface area contributed by atoms with Gasteiger partial charge >= 0.3 is 0 Å². The highest BCUT2D eigenvalue weighted by Crippen LogP contribution is 2.04. The zero-order valence-corrected chi connectivity index (χ0v) is 11.9. The highest BCUT2D eigenvalue weighted by atomic mass is 15.2. The molecule has 5 nitrogen and oxygen atoms in total. The maximum atomic E-state index is 4.22. The first-order chi connectivity index (χ1) is 8.69. The lowest BCUT2D eigenvalue weighted by atomic mass is 10.0. The Balaban J connectivity index is 2.34. The molecule has 5 heteroatoms. The van der Waals surface area contributed by atoms with Crippen LogP contribution in [0.15, 0.2) is 17.4 Å². The first-order valence-electron chi connectivity index (χ1n) is 6.61. The van der Waals surface area contributed by atoms with Crippen molar-refractivity contribution >= 4 is 5.96 Å². The summed E-state index contributed by atoms with van der Waals surface area (Å²) in [5.74, 6) is 1.56. The average Bonchev–Trinajstić information content (AvgIpc) is 2.80. The molecule has 0 saturated heterocycles. The molecule has 0 fully saturated rings. The van der Waals surface area contributed by atoms with E-state index in [1.165, 1.54) is 12.8 Å². The largest absolute Gasteiger partial charge is 0.356 e. The molecule has 18 heavy (non-hydrogen) atoms. The van der Waals surface area contributed by atoms with E-state index in [2.05, 4.69) is 34.6 Å². The number of guanidine groups is 1. The van der Waals surface area contributed by atoms with Gasteiger partial charge in [-0.2, -0.15) is 5.10 Å². The Morgan fingerprint density at radius 2 is 2.11 bits per heavy atom. The van der Waals surface area contributed by atoms with Gasteiger partial charge in [0.25, 0.3) is 0 Å². The Bertz CT molecular complexity index is 365. The van der Waals surface area contributed by atoms with E-state index in [1.807, 2.05) is 19.4 Å². The Kier molecular flexibility index (Phi) is 6.25. The second-order valence-corrected chi connectivity index (χ2v) is 4.51. The van der Waals surface area contributed by atoms with E-state index >= 15 is 0 Å². The minimum Gasteiger partial charge on any atom is -0.356 e. The number of aromatic nitrogens is 2. The minimum absolute atomic E-state index is 0.710. The zero-order valence-electron chi connectivity index (χ0n) is 11.9. The van der Waals surface area contributed by atoms with Crippen molar-refractivity contribution in [1.82, 2.24) is 20.4 Å². The number of aliphatic imine (C=N–C) groups is 1. The third kappa shape index (κ3) is 4.77. The normalized spacial score (nSPS) is 11.9. The van der Waals surface area contributed by atoms with Crippen molar-refractivity contribution in [3.05, 3.63) is 18.0 Å². The molecule has 0 saturated carbocycles. The van der Waals surface area contributed by atoms with Gasteiger partial charge in [-0.05, 0) is 5.92 Å². The third-order valence-corrected chi connectivity index (χ3v) is 3.15. The van der Waals surface area contributed by atoms with Crippen molar-refractivity contribution in [2.75, 3.05) is 13.6 Å². The molecule has 1 heterocycles. The summed E-state index contributed by atoms with van der Waals surface area (Å²) in [7, 11) is 3.72. The molecule has 0 bridgehead atoms. The molecule has 0 amide bonds. The Labute approximate surface area is 110 Å². The van der Waals surface area contributed by atoms with Crippen molar-refractivity contribution in [3.63, 3.8) is 0 Å². The van der Waals surface area contributed by atoms with Crippen LogP contribution in [0.1, 0.15) is 32.3 Å². The third-order valence-electron chi connectivity index (χ3n) is 3.15. The fraction of sp³-hybridized carbons (Fsp3) is 0.692. The van der Waals surface area contributed by atoms with Gasteiger partial charge in [0.05, 0.1) is 6.20 Å². The van der Waals surface area contributed by atoms with Crippen molar-refractivity contribution in [2.45, 2.75) is 33.2 Å². The highest BCUT2D eigenvalue weighted by molar-refractivity contribution is 5.79. The number of aryl methyl sites for hydroxylation is 1. The van der Waals surface area contributed by atoms with E-state index in [4.69, 9.17) is 0 Å². The summed E-state index contributed by atoms with van der Waals surface area (Å²) in [5, 5.41) is 10.8. The number of hydrogen-bond acceptors (Lipinski definition) is 2. The number of nitrogens with one attached hydrogen (secondary N) is 2. The van der Waals surface area contributed by atoms with Crippen LogP contribution < -0.4 is 10.6 Å². The maximum absolute atomic E-state index is 4.22. The lowest BCUT2D eigenvalue weighted by Gasteiger charge is -2.16. The fourth-order valence-corrected chi connectivity index (χ4v) is 1.79. The number of rotatable bonds is 6. The highest BCUT2D eigenvalue weighted by Gasteiger charge is 2.05. The van der Waals surface area contributed by atoms with Gasteiger partial charge in [0.2, 0.25) is 0 Å². The van der Waals surface area contributed by atoms with Crippen LogP contribution in [-0.2, 0) is 13.6 Å². The van der Waals surface area contributed by atoms with Crippen LogP contribution in [0.2, 0.25) is 0 Å². The summed E-state index contributed by atoms with van der Waals surface area (Å²) in [6, 6.07) is 0. The van der Waals surface area contributed by atoms with E-state index in [9.17, 15) is 0 Å². The molecular weight excluding hydrogens is 226 g/mol. The van der Waals surface area contributed by atoms with Crippen molar-refractivity contribution < 1.29 is 0 Å². The Hall–Kier alpha value is -1.52. The molecular formula is C13H25N5. The Morgan fingerprint density at radius 3 is 2.61 bits per heavy atom. The van der Waals surface area contributed by atoms with E-state index in [0.29, 0.717) is 5.92 Å². The number of nitrogens with zero attached hydrogens (tertiary/aromatic N) is 3. The summed E-state index contributed by atoms with van der Waals surface area (Å²) >= 11 is 0. The molecule has 0 aromatic carbocycles. The van der Waals surface area contributed by atoms with Crippen LogP contribution in [0.3, 0.4) is 0 Å². The molecule has 0 unspecified atom stereocenters. The van der Waals surface area contributed by atoms with Gasteiger partial charge in [0.15, 0.2) is 5.96 Å². The molecule has 102 valence electrons. The van der Waals surface area contributed by atoms with Crippen molar-refractivity contribution in [1.29, 1.82) is 0 Å². The van der Waals surface area contributed by atoms with Crippen LogP contribution in [-0.4, -0.2) is 29.3 Å². The predicted molar refractivity (Wildman–Crippen MR) is 75.5 cm³/mol. The van der Waals surface area contributed by atoms with Gasteiger partial charge in [-0.1, -0.05) is 26.7 Å². The van der Waals surface area contributed by atoms with Crippen LogP contribution in [0.4, 0.5) is 0 Å². The lowest BCUT2D eigenvalue weighted by Crippen LogP contribution is -2.39. The first-order valence-corrected chi connectivity index (χ1v) is 6.61. The standard InChI is InChI=1S/C13H25N5/c1-5-11(6-2)7-15-13(14-3)16-8-12-9-17-18(4)10-12/h9-11H,5-8H2,1-4H3,(H2,14,15,16). The predicted octanol–water partition coefficient (Wildman–Crippen LogP) is 1.52. The quantitative estimate of drug-likeness (QED) is 0.595. The molecule has 1 aromatic heterocycles. The smallest absolute Gasteiger partial charge is 0.191 e. The van der Waals surface area contributed by atoms with Crippen LogP contribution >= 0.6 is 0 Å². The topological polar surface area (TPSA) is 54.2 Å². The molecule has 0 radical (unpaired) electrons. The first kappa shape index (κ1) is 14.5. The summed E-state index contributed by atoms with van der Waals surface area (Å²) in [5.41, 5.74) is 1.16. The summed E-state index contributed by atoms with van der Waals surface area (Å²) in [6.45, 7) is 6.17. The van der Waals surface area contributed by atoms with Gasteiger partial charge in [-0.15, -0.1) is 0 Å². The van der Waals surface area contributed by atoms with E-state index in [0.717, 1.165) is 24.6 Å². The second-order valence-electron chi connectivity index (χ2n) is 4.51. The molecule has 1 aromatic rings. The van der Waals surface area contributed by atoms with Crippen molar-refractivity contribution in [2.24, 2.45) is 18.0 Å². The van der Waals surface area contributed by atoms with Crippen molar-refractivity contribution in [3.8, 4) is 0 Å². The van der Waals surface area contributed by atoms with Gasteiger partial charge in [0, 0.05) is 38.9 Å². The van der Waals surface area contributed by atoms with E-state index < -0.39 is 0 Å². The van der Waals surface area contributed by atoms with Crippen LogP contribution in [0, 0.1) is 5.92 Å². The second kappa shape index (κ2) is 7.74. The fourth-order valence-electron chi connectivity index (χ4n) is 1.79. The SMILES string of the molecule is CCC(CC)CNC(=NC)NCc1cnn(C)c1. The molecule has 0 aliphatic rings. The molecule has 1 rings (SSSR count). The van der Waals surface area contributed by atoms with E-state index in [1.54, 1.807) is 11.7 Å². The average molecular weight is 251 g/mol. The van der Waals surface area contributed by atoms with Gasteiger partial charge in [-0.25, -0.2) is 0 Å². The molecule has 2 N–H and O–H groups in total. The lowest BCUT2D eigenvalue weighted by molar-refractivity contribution is 0.481. The molecule has 0 aliphatic carbocycles. The monoisotopic (exact) mass is 251 g/mol. The number of hydrogen-bond donors (Lipinski definition) is 2. The molecule has 0 atom stereocenters. The van der Waals surface area contributed by atoms with Crippen LogP contribution in [0.25, 0.3) is 0 Å². The van der Waals surface area contributed by atoms with Gasteiger partial charge in [0.1, 0.15) is 0 Å². The van der Waals surface area contributed by atoms with Crippen LogP contribution in [0.5, 0.6) is 0 Å². The molecule has 0 aliphatic heterocycles. The summed E-state index contributed by atoms with van der Waals surface area (Å²) in [6.07, 6.45) is 6.26. The van der Waals surface area contributed by atoms with Gasteiger partial charge < -0.3 is 10.6 Å². The summed E-state index contributed by atoms with van der Waals surface area (Å²) < 4.78 is 1.80. The molecule has 0 spiro atoms. The van der Waals surface area contributed by atoms with Gasteiger partial charge in [-0.3, -0.25) is 9.67 Å². The minimum atomic E-state index is 0.710. The summed E-state index contributed by atoms with van der Waals surface area (Å²) in [4.78, 5) is 4.22.